The fourth-order valence-electron chi connectivity index (χ4n) is 0.543. The molecule has 0 bridgehead atoms. The zero-order chi connectivity index (χ0) is 10.7. The van der Waals surface area contributed by atoms with Gasteiger partial charge in [0.2, 0.25) is 0 Å². The van der Waals surface area contributed by atoms with Gasteiger partial charge >= 0.3 is 18.1 Å². The van der Waals surface area contributed by atoms with Gasteiger partial charge in [-0.3, -0.25) is 0 Å². The van der Waals surface area contributed by atoms with Crippen molar-refractivity contribution in [1.82, 2.24) is 0 Å². The van der Waals surface area contributed by atoms with Gasteiger partial charge in [-0.25, -0.2) is 0 Å². The van der Waals surface area contributed by atoms with Gasteiger partial charge in [-0.2, -0.15) is 0 Å². The van der Waals surface area contributed by atoms with Gasteiger partial charge in [-0.1, -0.05) is 6.92 Å². The Hall–Kier alpha value is 0.114. The van der Waals surface area contributed by atoms with Crippen molar-refractivity contribution in [3.8, 4) is 0 Å². The maximum absolute atomic E-state index is 8.43. The molecule has 0 aromatic rings. The summed E-state index contributed by atoms with van der Waals surface area (Å²) < 4.78 is 8.20. The van der Waals surface area contributed by atoms with Crippen molar-refractivity contribution in [3.63, 3.8) is 0 Å². The molecule has 0 aliphatic rings. The van der Waals surface area contributed by atoms with Crippen molar-refractivity contribution >= 4 is 18.1 Å². The van der Waals surface area contributed by atoms with Crippen molar-refractivity contribution in [2.45, 2.75) is 19.6 Å². The molecule has 0 rings (SSSR count). The Morgan fingerprint density at radius 2 is 1.23 bits per heavy atom. The van der Waals surface area contributed by atoms with E-state index in [0.717, 1.165) is 0 Å². The van der Waals surface area contributed by atoms with Gasteiger partial charge in [0.05, 0.1) is 0 Å². The summed E-state index contributed by atoms with van der Waals surface area (Å²) in [4.78, 5) is 50.6. The molecule has 0 aromatic carbocycles. The van der Waals surface area contributed by atoms with Crippen molar-refractivity contribution in [3.05, 3.63) is 0 Å². The maximum atomic E-state index is 8.43. The molecule has 0 aliphatic heterocycles. The lowest BCUT2D eigenvalue weighted by atomic mass is 10.5. The van der Waals surface area contributed by atoms with Crippen LogP contribution in [-0.2, 0) is 8.85 Å². The third kappa shape index (κ3) is 8.44. The molecular weight excluding hydrogens is 220 g/mol. The first kappa shape index (κ1) is 13.1. The van der Waals surface area contributed by atoms with Crippen LogP contribution in [0.25, 0.3) is 0 Å². The van der Waals surface area contributed by atoms with Crippen LogP contribution in [0.15, 0.2) is 0 Å². The van der Waals surface area contributed by atoms with Gasteiger partial charge in [0.15, 0.2) is 0 Å². The molecular formula is C3H12O8Si2. The predicted molar refractivity (Wildman–Crippen MR) is 41.1 cm³/mol. The highest BCUT2D eigenvalue weighted by Crippen LogP contribution is 2.07. The molecule has 8 nitrogen and oxygen atoms in total. The summed E-state index contributed by atoms with van der Waals surface area (Å²) >= 11 is 0. The Balaban J connectivity index is 4.05. The molecule has 0 spiro atoms. The highest BCUT2D eigenvalue weighted by molar-refractivity contribution is 6.49. The van der Waals surface area contributed by atoms with E-state index in [1.54, 1.807) is 0 Å². The molecule has 80 valence electrons. The molecule has 0 radical (unpaired) electrons. The third-order valence-corrected chi connectivity index (χ3v) is 2.07. The van der Waals surface area contributed by atoms with Crippen LogP contribution in [-0.4, -0.2) is 53.2 Å². The zero-order valence-electron chi connectivity index (χ0n) is 6.78. The van der Waals surface area contributed by atoms with E-state index in [9.17, 15) is 0 Å². The largest absolute Gasteiger partial charge is 0.673 e. The highest BCUT2D eigenvalue weighted by atomic mass is 28.4. The van der Waals surface area contributed by atoms with Crippen LogP contribution in [0.4, 0.5) is 0 Å². The van der Waals surface area contributed by atoms with E-state index in [2.05, 4.69) is 8.85 Å². The Bertz CT molecular complexity index is 132. The summed E-state index contributed by atoms with van der Waals surface area (Å²) in [6.07, 6.45) is -1.48. The van der Waals surface area contributed by atoms with Crippen molar-refractivity contribution in [2.24, 2.45) is 0 Å². The van der Waals surface area contributed by atoms with Gasteiger partial charge in [0.1, 0.15) is 6.29 Å². The molecule has 0 atom stereocenters. The second kappa shape index (κ2) is 4.56. The van der Waals surface area contributed by atoms with Gasteiger partial charge in [0.25, 0.3) is 0 Å². The molecule has 6 N–H and O–H groups in total. The van der Waals surface area contributed by atoms with E-state index in [1.807, 2.05) is 0 Å². The molecule has 0 fully saturated rings. The Morgan fingerprint density at radius 1 is 0.923 bits per heavy atom. The quantitative estimate of drug-likeness (QED) is 0.213. The minimum Gasteiger partial charge on any atom is -0.368 e. The lowest BCUT2D eigenvalue weighted by molar-refractivity contribution is -0.116. The smallest absolute Gasteiger partial charge is 0.368 e. The van der Waals surface area contributed by atoms with E-state index < -0.39 is 24.4 Å². The van der Waals surface area contributed by atoms with Crippen molar-refractivity contribution in [1.29, 1.82) is 0 Å². The average molecular weight is 232 g/mol. The molecule has 0 saturated heterocycles. The second-order valence-electron chi connectivity index (χ2n) is 2.22. The van der Waals surface area contributed by atoms with Crippen LogP contribution < -0.4 is 0 Å². The Morgan fingerprint density at radius 3 is 1.38 bits per heavy atom. The second-order valence-corrected chi connectivity index (χ2v) is 4.99. The van der Waals surface area contributed by atoms with E-state index in [0.29, 0.717) is 0 Å². The predicted octanol–water partition coefficient (Wildman–Crippen LogP) is -3.42. The normalized spacial score (nSPS) is 13.8. The molecule has 0 aliphatic carbocycles. The van der Waals surface area contributed by atoms with Crippen molar-refractivity contribution in [2.75, 3.05) is 0 Å². The first-order valence-corrected chi connectivity index (χ1v) is 6.84. The number of hydrogen-bond donors (Lipinski definition) is 6. The lowest BCUT2D eigenvalue weighted by Crippen LogP contribution is -2.49. The van der Waals surface area contributed by atoms with Crippen LogP contribution in [0.5, 0.6) is 0 Å². The Kier molecular flexibility index (Phi) is 4.60. The first-order chi connectivity index (χ1) is 5.64. The number of rotatable bonds is 5. The van der Waals surface area contributed by atoms with Gasteiger partial charge < -0.3 is 37.6 Å². The fourth-order valence-corrected chi connectivity index (χ4v) is 1.77. The summed E-state index contributed by atoms with van der Waals surface area (Å²) in [6.45, 7) is 1.45. The van der Waals surface area contributed by atoms with Gasteiger partial charge in [0, 0.05) is 0 Å². The highest BCUT2D eigenvalue weighted by Gasteiger charge is 2.40. The maximum Gasteiger partial charge on any atom is 0.673 e. The summed E-state index contributed by atoms with van der Waals surface area (Å²) in [5.74, 6) is 0. The van der Waals surface area contributed by atoms with Crippen LogP contribution in [0.1, 0.15) is 13.3 Å². The van der Waals surface area contributed by atoms with Crippen LogP contribution in [0.3, 0.4) is 0 Å². The molecule has 0 unspecified atom stereocenters. The molecule has 0 saturated carbocycles. The van der Waals surface area contributed by atoms with Crippen LogP contribution in [0.2, 0.25) is 0 Å². The standard InChI is InChI=1S/C3H12O8Si2/c1-2-3(10-12(4,5)6)11-13(7,8)9/h3-9H,2H2,1H3. The van der Waals surface area contributed by atoms with E-state index >= 15 is 0 Å². The van der Waals surface area contributed by atoms with E-state index in [4.69, 9.17) is 28.8 Å². The first-order valence-electron chi connectivity index (χ1n) is 3.34. The minimum absolute atomic E-state index is 0.00708. The summed E-state index contributed by atoms with van der Waals surface area (Å²) in [5.41, 5.74) is 0. The van der Waals surface area contributed by atoms with Crippen LogP contribution in [0, 0.1) is 0 Å². The number of hydrogen-bond acceptors (Lipinski definition) is 8. The monoisotopic (exact) mass is 232 g/mol. The summed E-state index contributed by atoms with van der Waals surface area (Å²) in [5, 5.41) is 0. The lowest BCUT2D eigenvalue weighted by Gasteiger charge is -2.22. The van der Waals surface area contributed by atoms with E-state index in [-0.39, 0.29) is 6.42 Å². The molecule has 13 heavy (non-hydrogen) atoms. The summed E-state index contributed by atoms with van der Waals surface area (Å²) in [7, 11) is -9.55. The summed E-state index contributed by atoms with van der Waals surface area (Å²) in [6, 6.07) is 0. The van der Waals surface area contributed by atoms with E-state index in [1.165, 1.54) is 6.92 Å². The topological polar surface area (TPSA) is 140 Å². The average Bonchev–Trinajstić information content (AvgIpc) is 1.79. The minimum atomic E-state index is -4.78. The zero-order valence-corrected chi connectivity index (χ0v) is 8.78. The molecule has 0 amide bonds. The molecule has 0 aromatic heterocycles. The van der Waals surface area contributed by atoms with Crippen LogP contribution >= 0.6 is 0 Å². The Labute approximate surface area is 76.2 Å². The molecule has 10 heteroatoms. The fraction of sp³-hybridized carbons (Fsp3) is 1.00. The van der Waals surface area contributed by atoms with Gasteiger partial charge in [-0.05, 0) is 6.42 Å². The SMILES string of the molecule is CCC(O[Si](O)(O)O)O[Si](O)(O)O. The third-order valence-electron chi connectivity index (χ3n) is 0.912. The molecule has 0 heterocycles. The van der Waals surface area contributed by atoms with Gasteiger partial charge in [-0.15, -0.1) is 0 Å². The van der Waals surface area contributed by atoms with Crippen molar-refractivity contribution < 1.29 is 37.6 Å².